The average molecular weight is 618 g/mol. The fraction of sp³-hybridized carbons (Fsp3) is 0.296. The maximum absolute atomic E-state index is 13.1. The Morgan fingerprint density at radius 3 is 2.55 bits per heavy atom. The summed E-state index contributed by atoms with van der Waals surface area (Å²) in [6, 6.07) is 13.2. The van der Waals surface area contributed by atoms with Crippen molar-refractivity contribution in [2.75, 3.05) is 32.8 Å². The smallest absolute Gasteiger partial charge is 0.409 e. The molecule has 0 bridgehead atoms. The van der Waals surface area contributed by atoms with Gasteiger partial charge in [0.2, 0.25) is 0 Å². The fourth-order valence-electron chi connectivity index (χ4n) is 4.29. The van der Waals surface area contributed by atoms with Gasteiger partial charge in [0.05, 0.1) is 23.1 Å². The van der Waals surface area contributed by atoms with E-state index in [2.05, 4.69) is 15.2 Å². The molecule has 2 aromatic carbocycles. The summed E-state index contributed by atoms with van der Waals surface area (Å²) in [5.41, 5.74) is 3.01. The minimum atomic E-state index is -0.346. The van der Waals surface area contributed by atoms with E-state index >= 15 is 0 Å². The molecular formula is C27H26Cl2N6O3S2. The summed E-state index contributed by atoms with van der Waals surface area (Å²) in [7, 11) is 0. The van der Waals surface area contributed by atoms with Crippen molar-refractivity contribution >= 4 is 58.3 Å². The monoisotopic (exact) mass is 616 g/mol. The largest absolute Gasteiger partial charge is 0.450 e. The second-order valence-electron chi connectivity index (χ2n) is 8.95. The van der Waals surface area contributed by atoms with Crippen LogP contribution in [0.15, 0.2) is 53.0 Å². The predicted octanol–water partition coefficient (Wildman–Crippen LogP) is 6.21. The highest BCUT2D eigenvalue weighted by Gasteiger charge is 2.27. The molecule has 0 saturated carbocycles. The molecule has 1 aliphatic heterocycles. The third kappa shape index (κ3) is 6.12. The zero-order chi connectivity index (χ0) is 28.2. The van der Waals surface area contributed by atoms with Gasteiger partial charge in [-0.05, 0) is 43.7 Å². The highest BCUT2D eigenvalue weighted by molar-refractivity contribution is 7.98. The van der Waals surface area contributed by atoms with Crippen LogP contribution in [0.3, 0.4) is 0 Å². The summed E-state index contributed by atoms with van der Waals surface area (Å²) in [6.07, 6.45) is -0.346. The number of carbonyl (C=O) groups excluding carboxylic acids is 2. The van der Waals surface area contributed by atoms with E-state index in [9.17, 15) is 9.59 Å². The number of carbonyl (C=O) groups is 2. The Morgan fingerprint density at radius 2 is 1.80 bits per heavy atom. The van der Waals surface area contributed by atoms with Crippen LogP contribution in [0.4, 0.5) is 4.79 Å². The van der Waals surface area contributed by atoms with E-state index in [4.69, 9.17) is 27.9 Å². The molecular weight excluding hydrogens is 591 g/mol. The van der Waals surface area contributed by atoms with Gasteiger partial charge in [0.1, 0.15) is 10.7 Å². The molecule has 1 fully saturated rings. The molecule has 9 nitrogen and oxygen atoms in total. The topological polar surface area (TPSA) is 93.5 Å². The lowest BCUT2D eigenvalue weighted by atomic mass is 10.1. The summed E-state index contributed by atoms with van der Waals surface area (Å²) in [6.45, 7) is 5.84. The number of halogens is 2. The van der Waals surface area contributed by atoms with Gasteiger partial charge in [-0.15, -0.1) is 21.5 Å². The Morgan fingerprint density at radius 1 is 1.05 bits per heavy atom. The summed E-state index contributed by atoms with van der Waals surface area (Å²) >= 11 is 15.8. The van der Waals surface area contributed by atoms with Gasteiger partial charge in [-0.1, -0.05) is 53.2 Å². The van der Waals surface area contributed by atoms with Crippen molar-refractivity contribution in [2.45, 2.75) is 24.8 Å². The lowest BCUT2D eigenvalue weighted by Gasteiger charge is -2.33. The van der Waals surface area contributed by atoms with Crippen LogP contribution >= 0.6 is 46.3 Å². The summed E-state index contributed by atoms with van der Waals surface area (Å²) < 4.78 is 7.01. The van der Waals surface area contributed by atoms with E-state index < -0.39 is 0 Å². The Hall–Kier alpha value is -3.12. The zero-order valence-corrected chi connectivity index (χ0v) is 25.0. The third-order valence-electron chi connectivity index (χ3n) is 6.35. The lowest BCUT2D eigenvalue weighted by Crippen LogP contribution is -2.50. The van der Waals surface area contributed by atoms with Gasteiger partial charge in [0.15, 0.2) is 11.0 Å². The molecule has 4 aromatic rings. The van der Waals surface area contributed by atoms with E-state index in [0.717, 1.165) is 21.8 Å². The molecule has 5 rings (SSSR count). The Labute approximate surface area is 250 Å². The molecule has 0 aliphatic carbocycles. The minimum Gasteiger partial charge on any atom is -0.450 e. The van der Waals surface area contributed by atoms with Crippen molar-refractivity contribution in [1.82, 2.24) is 29.5 Å². The van der Waals surface area contributed by atoms with Gasteiger partial charge in [0, 0.05) is 42.1 Å². The Balaban J connectivity index is 1.33. The van der Waals surface area contributed by atoms with E-state index in [1.165, 1.54) is 23.1 Å². The molecule has 13 heteroatoms. The van der Waals surface area contributed by atoms with Crippen LogP contribution in [0.25, 0.3) is 17.1 Å². The zero-order valence-electron chi connectivity index (χ0n) is 21.8. The van der Waals surface area contributed by atoms with E-state index in [0.29, 0.717) is 65.3 Å². The molecule has 208 valence electrons. The quantitative estimate of drug-likeness (QED) is 0.228. The molecule has 0 unspecified atom stereocenters. The van der Waals surface area contributed by atoms with Crippen molar-refractivity contribution in [3.8, 4) is 17.1 Å². The number of aryl methyl sites for hydroxylation is 1. The van der Waals surface area contributed by atoms with Crippen LogP contribution in [-0.4, -0.2) is 74.3 Å². The molecule has 1 aliphatic rings. The van der Waals surface area contributed by atoms with Crippen molar-refractivity contribution in [2.24, 2.45) is 0 Å². The number of nitrogens with zero attached hydrogens (tertiary/aromatic N) is 6. The van der Waals surface area contributed by atoms with Crippen molar-refractivity contribution < 1.29 is 14.3 Å². The van der Waals surface area contributed by atoms with Gasteiger partial charge in [-0.3, -0.25) is 9.36 Å². The number of hydrogen-bond donors (Lipinski definition) is 0. The van der Waals surface area contributed by atoms with Crippen LogP contribution in [0, 0.1) is 6.92 Å². The van der Waals surface area contributed by atoms with Crippen molar-refractivity contribution in [3.05, 3.63) is 74.2 Å². The molecule has 3 heterocycles. The third-order valence-corrected chi connectivity index (χ3v) is 8.89. The fourth-order valence-corrected chi connectivity index (χ4v) is 6.41. The first-order chi connectivity index (χ1) is 19.4. The van der Waals surface area contributed by atoms with Gasteiger partial charge in [0.25, 0.3) is 5.91 Å². The maximum atomic E-state index is 13.1. The number of hydrogen-bond acceptors (Lipinski definition) is 8. The standard InChI is InChI=1S/C27H26Cl2N6O3S2/c1-3-38-27(37)34-12-10-33(11-13-34)25(36)21-15-39-23(30-21)16-40-26-32-31-24(19-6-4-5-7-20(19)29)35(26)22-14-18(28)9-8-17(22)2/h4-9,14-15H,3,10-13,16H2,1-2H3. The highest BCUT2D eigenvalue weighted by atomic mass is 35.5. The molecule has 40 heavy (non-hydrogen) atoms. The number of rotatable bonds is 7. The normalized spacial score (nSPS) is 13.5. The first kappa shape index (κ1) is 28.4. The first-order valence-corrected chi connectivity index (χ1v) is 15.2. The number of aromatic nitrogens is 4. The maximum Gasteiger partial charge on any atom is 0.409 e. The molecule has 2 aromatic heterocycles. The first-order valence-electron chi connectivity index (χ1n) is 12.6. The van der Waals surface area contributed by atoms with Crippen LogP contribution in [0.2, 0.25) is 10.0 Å². The number of benzene rings is 2. The second-order valence-corrected chi connectivity index (χ2v) is 11.7. The Bertz CT molecular complexity index is 1530. The van der Waals surface area contributed by atoms with Crippen molar-refractivity contribution in [3.63, 3.8) is 0 Å². The van der Waals surface area contributed by atoms with Gasteiger partial charge < -0.3 is 14.5 Å². The number of amides is 2. The predicted molar refractivity (Wildman–Crippen MR) is 158 cm³/mol. The highest BCUT2D eigenvalue weighted by Crippen LogP contribution is 2.35. The SMILES string of the molecule is CCOC(=O)N1CCN(C(=O)c2csc(CSc3nnc(-c4ccccc4Cl)n3-c3cc(Cl)ccc3C)n2)CC1. The van der Waals surface area contributed by atoms with Crippen molar-refractivity contribution in [1.29, 1.82) is 0 Å². The number of ether oxygens (including phenoxy) is 1. The van der Waals surface area contributed by atoms with Crippen LogP contribution in [0.1, 0.15) is 28.0 Å². The number of piperazine rings is 1. The molecule has 0 N–H and O–H groups in total. The van der Waals surface area contributed by atoms with Crippen LogP contribution < -0.4 is 0 Å². The van der Waals surface area contributed by atoms with Gasteiger partial charge in [-0.2, -0.15) is 0 Å². The Kier molecular flexibility index (Phi) is 8.94. The van der Waals surface area contributed by atoms with E-state index in [-0.39, 0.29) is 12.0 Å². The summed E-state index contributed by atoms with van der Waals surface area (Å²) in [4.78, 5) is 32.9. The van der Waals surface area contributed by atoms with Gasteiger partial charge in [-0.25, -0.2) is 9.78 Å². The molecule has 1 saturated heterocycles. The van der Waals surface area contributed by atoms with Crippen LogP contribution in [0.5, 0.6) is 0 Å². The van der Waals surface area contributed by atoms with E-state index in [1.54, 1.807) is 22.1 Å². The lowest BCUT2D eigenvalue weighted by molar-refractivity contribution is 0.0566. The molecule has 2 amide bonds. The summed E-state index contributed by atoms with van der Waals surface area (Å²) in [5, 5.41) is 13.3. The number of thiazole rings is 1. The molecule has 0 radical (unpaired) electrons. The molecule has 0 spiro atoms. The molecule has 0 atom stereocenters. The summed E-state index contributed by atoms with van der Waals surface area (Å²) in [5.74, 6) is 0.958. The average Bonchev–Trinajstić information content (AvgIpc) is 3.61. The number of thioether (sulfide) groups is 1. The van der Waals surface area contributed by atoms with E-state index in [1.807, 2.05) is 54.0 Å². The minimum absolute atomic E-state index is 0.144. The van der Waals surface area contributed by atoms with Crippen LogP contribution in [-0.2, 0) is 10.5 Å². The second kappa shape index (κ2) is 12.6. The van der Waals surface area contributed by atoms with Gasteiger partial charge >= 0.3 is 6.09 Å².